The van der Waals surface area contributed by atoms with E-state index in [9.17, 15) is 4.79 Å². The maximum atomic E-state index is 12.2. The van der Waals surface area contributed by atoms with Gasteiger partial charge in [-0.05, 0) is 25.1 Å². The van der Waals surface area contributed by atoms with E-state index in [2.05, 4.69) is 25.7 Å². The standard InChI is InChI=1S/C18H20N6O2/c1-13-22-16(12-17(23-13)24-11-5-8-21-24)19-9-10-20-18(25)14-6-3-4-7-15(14)26-2/h3-8,11-12H,9-10H2,1-2H3,(H,20,25)(H,19,22,23). The van der Waals surface area contributed by atoms with Crippen molar-refractivity contribution in [3.05, 3.63) is 60.2 Å². The number of hydrogen-bond donors (Lipinski definition) is 2. The van der Waals surface area contributed by atoms with Crippen LogP contribution in [0.1, 0.15) is 16.2 Å². The fourth-order valence-corrected chi connectivity index (χ4v) is 2.46. The number of aryl methyl sites for hydroxylation is 1. The van der Waals surface area contributed by atoms with Crippen LogP contribution in [0.25, 0.3) is 5.82 Å². The number of carbonyl (C=O) groups is 1. The predicted octanol–water partition coefficient (Wildman–Crippen LogP) is 1.82. The molecule has 0 aliphatic carbocycles. The zero-order valence-corrected chi connectivity index (χ0v) is 14.6. The van der Waals surface area contributed by atoms with Crippen molar-refractivity contribution in [2.45, 2.75) is 6.92 Å². The van der Waals surface area contributed by atoms with Crippen LogP contribution in [-0.2, 0) is 0 Å². The van der Waals surface area contributed by atoms with Gasteiger partial charge in [-0.25, -0.2) is 14.6 Å². The van der Waals surface area contributed by atoms with Gasteiger partial charge >= 0.3 is 0 Å². The van der Waals surface area contributed by atoms with Crippen LogP contribution in [-0.4, -0.2) is 45.9 Å². The van der Waals surface area contributed by atoms with Crippen molar-refractivity contribution in [1.82, 2.24) is 25.1 Å². The van der Waals surface area contributed by atoms with Crippen LogP contribution in [0, 0.1) is 6.92 Å². The summed E-state index contributed by atoms with van der Waals surface area (Å²) in [6.07, 6.45) is 3.51. The van der Waals surface area contributed by atoms with Crippen LogP contribution < -0.4 is 15.4 Å². The van der Waals surface area contributed by atoms with Gasteiger partial charge in [0.05, 0.1) is 12.7 Å². The maximum absolute atomic E-state index is 12.2. The Kier molecular flexibility index (Phi) is 5.43. The second-order valence-corrected chi connectivity index (χ2v) is 5.49. The first-order chi connectivity index (χ1) is 12.7. The number of anilines is 1. The van der Waals surface area contributed by atoms with Crippen molar-refractivity contribution in [3.63, 3.8) is 0 Å². The Labute approximate surface area is 151 Å². The minimum atomic E-state index is -0.180. The number of ether oxygens (including phenoxy) is 1. The number of nitrogens with zero attached hydrogens (tertiary/aromatic N) is 4. The molecule has 3 aromatic rings. The smallest absolute Gasteiger partial charge is 0.255 e. The molecule has 0 unspecified atom stereocenters. The normalized spacial score (nSPS) is 10.4. The summed E-state index contributed by atoms with van der Waals surface area (Å²) in [7, 11) is 1.54. The molecule has 2 heterocycles. The summed E-state index contributed by atoms with van der Waals surface area (Å²) in [5.41, 5.74) is 0.508. The first-order valence-electron chi connectivity index (χ1n) is 8.18. The quantitative estimate of drug-likeness (QED) is 0.630. The summed E-state index contributed by atoms with van der Waals surface area (Å²) in [5.74, 6) is 2.37. The molecule has 1 amide bonds. The molecule has 8 heteroatoms. The van der Waals surface area contributed by atoms with Gasteiger partial charge in [-0.3, -0.25) is 4.79 Å². The fourth-order valence-electron chi connectivity index (χ4n) is 2.46. The molecule has 0 saturated heterocycles. The van der Waals surface area contributed by atoms with E-state index in [1.165, 1.54) is 0 Å². The zero-order chi connectivity index (χ0) is 18.4. The molecule has 0 radical (unpaired) electrons. The molecule has 3 rings (SSSR count). The van der Waals surface area contributed by atoms with E-state index in [4.69, 9.17) is 4.74 Å². The number of benzene rings is 1. The van der Waals surface area contributed by atoms with Gasteiger partial charge in [0.15, 0.2) is 5.82 Å². The molecule has 0 atom stereocenters. The maximum Gasteiger partial charge on any atom is 0.255 e. The van der Waals surface area contributed by atoms with Crippen molar-refractivity contribution >= 4 is 11.7 Å². The van der Waals surface area contributed by atoms with Gasteiger partial charge in [0.1, 0.15) is 17.4 Å². The van der Waals surface area contributed by atoms with Crippen molar-refractivity contribution in [2.75, 3.05) is 25.5 Å². The van der Waals surface area contributed by atoms with Crippen molar-refractivity contribution in [2.24, 2.45) is 0 Å². The lowest BCUT2D eigenvalue weighted by atomic mass is 10.2. The van der Waals surface area contributed by atoms with E-state index in [1.807, 2.05) is 31.3 Å². The molecule has 2 N–H and O–H groups in total. The highest BCUT2D eigenvalue weighted by molar-refractivity contribution is 5.96. The van der Waals surface area contributed by atoms with Crippen molar-refractivity contribution < 1.29 is 9.53 Å². The number of carbonyl (C=O) groups excluding carboxylic acids is 1. The van der Waals surface area contributed by atoms with E-state index in [1.54, 1.807) is 36.2 Å². The second-order valence-electron chi connectivity index (χ2n) is 5.49. The Hall–Kier alpha value is -3.42. The lowest BCUT2D eigenvalue weighted by Crippen LogP contribution is -2.29. The first-order valence-corrected chi connectivity index (χ1v) is 8.18. The summed E-state index contributed by atoms with van der Waals surface area (Å²) in [5, 5.41) is 10.2. The monoisotopic (exact) mass is 352 g/mol. The van der Waals surface area contributed by atoms with Crippen LogP contribution in [0.4, 0.5) is 5.82 Å². The van der Waals surface area contributed by atoms with Crippen molar-refractivity contribution in [3.8, 4) is 11.6 Å². The van der Waals surface area contributed by atoms with E-state index in [0.29, 0.717) is 41.9 Å². The topological polar surface area (TPSA) is 94.0 Å². The minimum absolute atomic E-state index is 0.180. The largest absolute Gasteiger partial charge is 0.496 e. The molecule has 0 saturated carbocycles. The van der Waals surface area contributed by atoms with Crippen LogP contribution in [0.15, 0.2) is 48.8 Å². The Morgan fingerprint density at radius 1 is 1.19 bits per heavy atom. The number of aromatic nitrogens is 4. The van der Waals surface area contributed by atoms with Gasteiger partial charge in [0.2, 0.25) is 0 Å². The summed E-state index contributed by atoms with van der Waals surface area (Å²) in [6.45, 7) is 2.79. The second kappa shape index (κ2) is 8.11. The molecule has 0 spiro atoms. The molecule has 1 aromatic carbocycles. The zero-order valence-electron chi connectivity index (χ0n) is 14.6. The van der Waals surface area contributed by atoms with Crippen LogP contribution >= 0.6 is 0 Å². The molecule has 26 heavy (non-hydrogen) atoms. The number of amides is 1. The van der Waals surface area contributed by atoms with E-state index in [-0.39, 0.29) is 5.91 Å². The van der Waals surface area contributed by atoms with Gasteiger partial charge in [0, 0.05) is 31.5 Å². The number of methoxy groups -OCH3 is 1. The third-order valence-electron chi connectivity index (χ3n) is 3.63. The molecule has 8 nitrogen and oxygen atoms in total. The lowest BCUT2D eigenvalue weighted by molar-refractivity contribution is 0.0952. The average molecular weight is 352 g/mol. The Morgan fingerprint density at radius 2 is 2.04 bits per heavy atom. The van der Waals surface area contributed by atoms with Gasteiger partial charge in [0.25, 0.3) is 5.91 Å². The average Bonchev–Trinajstić information content (AvgIpc) is 3.19. The molecular weight excluding hydrogens is 332 g/mol. The van der Waals surface area contributed by atoms with Crippen LogP contribution in [0.5, 0.6) is 5.75 Å². The summed E-state index contributed by atoms with van der Waals surface area (Å²) in [6, 6.07) is 10.8. The Balaban J connectivity index is 1.56. The molecule has 0 aliphatic heterocycles. The Bertz CT molecular complexity index is 879. The Morgan fingerprint density at radius 3 is 2.81 bits per heavy atom. The molecule has 0 bridgehead atoms. The van der Waals surface area contributed by atoms with Crippen LogP contribution in [0.2, 0.25) is 0 Å². The van der Waals surface area contributed by atoms with Gasteiger partial charge < -0.3 is 15.4 Å². The van der Waals surface area contributed by atoms with Crippen LogP contribution in [0.3, 0.4) is 0 Å². The van der Waals surface area contributed by atoms with E-state index in [0.717, 1.165) is 0 Å². The lowest BCUT2D eigenvalue weighted by Gasteiger charge is -2.11. The predicted molar refractivity (Wildman–Crippen MR) is 97.7 cm³/mol. The number of hydrogen-bond acceptors (Lipinski definition) is 6. The molecule has 2 aromatic heterocycles. The van der Waals surface area contributed by atoms with Gasteiger partial charge in [-0.2, -0.15) is 5.10 Å². The van der Waals surface area contributed by atoms with Gasteiger partial charge in [-0.15, -0.1) is 0 Å². The first kappa shape index (κ1) is 17.4. The SMILES string of the molecule is COc1ccccc1C(=O)NCCNc1cc(-n2cccn2)nc(C)n1. The third kappa shape index (κ3) is 4.15. The highest BCUT2D eigenvalue weighted by atomic mass is 16.5. The summed E-state index contributed by atoms with van der Waals surface area (Å²) >= 11 is 0. The van der Waals surface area contributed by atoms with E-state index >= 15 is 0 Å². The summed E-state index contributed by atoms with van der Waals surface area (Å²) < 4.78 is 6.87. The molecule has 0 fully saturated rings. The molecule has 0 aliphatic rings. The molecule has 134 valence electrons. The van der Waals surface area contributed by atoms with E-state index < -0.39 is 0 Å². The third-order valence-corrected chi connectivity index (χ3v) is 3.63. The fraction of sp³-hybridized carbons (Fsp3) is 0.222. The number of para-hydroxylation sites is 1. The van der Waals surface area contributed by atoms with Crippen molar-refractivity contribution in [1.29, 1.82) is 0 Å². The highest BCUT2D eigenvalue weighted by Gasteiger charge is 2.10. The molecular formula is C18H20N6O2. The summed E-state index contributed by atoms with van der Waals surface area (Å²) in [4.78, 5) is 21.0. The van der Waals surface area contributed by atoms with Gasteiger partial charge in [-0.1, -0.05) is 12.1 Å². The number of rotatable bonds is 7. The number of nitrogens with one attached hydrogen (secondary N) is 2. The minimum Gasteiger partial charge on any atom is -0.496 e. The highest BCUT2D eigenvalue weighted by Crippen LogP contribution is 2.16.